The lowest BCUT2D eigenvalue weighted by Crippen LogP contribution is -2.55. The van der Waals surface area contributed by atoms with Gasteiger partial charge in [0.2, 0.25) is 5.91 Å². The first-order chi connectivity index (χ1) is 10.6. The highest BCUT2D eigenvalue weighted by Crippen LogP contribution is 2.28. The lowest BCUT2D eigenvalue weighted by atomic mass is 10.0. The fraction of sp³-hybridized carbons (Fsp3) is 0.643. The highest BCUT2D eigenvalue weighted by atomic mass is 16.2. The van der Waals surface area contributed by atoms with E-state index in [2.05, 4.69) is 15.3 Å². The molecule has 0 spiro atoms. The maximum Gasteiger partial charge on any atom is 0.322 e. The lowest BCUT2D eigenvalue weighted by Gasteiger charge is -2.42. The van der Waals surface area contributed by atoms with Gasteiger partial charge in [-0.15, -0.1) is 0 Å². The van der Waals surface area contributed by atoms with Gasteiger partial charge in [-0.1, -0.05) is 0 Å². The van der Waals surface area contributed by atoms with Gasteiger partial charge >= 0.3 is 6.03 Å². The van der Waals surface area contributed by atoms with Gasteiger partial charge in [0.05, 0.1) is 24.0 Å². The van der Waals surface area contributed by atoms with E-state index in [0.717, 1.165) is 31.7 Å². The van der Waals surface area contributed by atoms with Crippen LogP contribution in [0.15, 0.2) is 12.4 Å². The number of anilines is 1. The zero-order valence-electron chi connectivity index (χ0n) is 12.6. The van der Waals surface area contributed by atoms with Crippen molar-refractivity contribution in [3.05, 3.63) is 12.4 Å². The highest BCUT2D eigenvalue weighted by Gasteiger charge is 2.41. The van der Waals surface area contributed by atoms with Crippen LogP contribution in [0.5, 0.6) is 0 Å². The highest BCUT2D eigenvalue weighted by molar-refractivity contribution is 5.93. The summed E-state index contributed by atoms with van der Waals surface area (Å²) in [5.41, 5.74) is 0.838. The second kappa shape index (κ2) is 4.98. The Morgan fingerprint density at radius 3 is 2.73 bits per heavy atom. The van der Waals surface area contributed by atoms with Crippen LogP contribution >= 0.6 is 0 Å². The van der Waals surface area contributed by atoms with Crippen molar-refractivity contribution in [3.63, 3.8) is 0 Å². The third-order valence-corrected chi connectivity index (χ3v) is 4.86. The molecule has 118 valence electrons. The van der Waals surface area contributed by atoms with Crippen LogP contribution in [0.25, 0.3) is 0 Å². The third-order valence-electron chi connectivity index (χ3n) is 4.86. The minimum absolute atomic E-state index is 0.0423. The van der Waals surface area contributed by atoms with E-state index in [1.54, 1.807) is 16.0 Å². The molecule has 3 saturated heterocycles. The molecule has 1 aromatic rings. The van der Waals surface area contributed by atoms with Crippen LogP contribution in [-0.4, -0.2) is 77.3 Å². The quantitative estimate of drug-likeness (QED) is 0.817. The largest absolute Gasteiger partial charge is 0.344 e. The first-order valence-corrected chi connectivity index (χ1v) is 7.72. The van der Waals surface area contributed by atoms with E-state index in [1.807, 2.05) is 17.9 Å². The molecule has 0 aliphatic carbocycles. The van der Waals surface area contributed by atoms with Crippen LogP contribution < -0.4 is 10.2 Å². The third kappa shape index (κ3) is 2.06. The van der Waals surface area contributed by atoms with Crippen molar-refractivity contribution in [2.45, 2.75) is 18.5 Å². The monoisotopic (exact) mass is 304 g/mol. The molecule has 1 unspecified atom stereocenters. The number of hydrogen-bond acceptors (Lipinski definition) is 4. The Hall–Kier alpha value is -2.09. The van der Waals surface area contributed by atoms with Crippen molar-refractivity contribution in [1.29, 1.82) is 0 Å². The average Bonchev–Trinajstić information content (AvgIpc) is 3.14. The Morgan fingerprint density at radius 1 is 1.27 bits per heavy atom. The Kier molecular flexibility index (Phi) is 3.07. The van der Waals surface area contributed by atoms with E-state index in [0.29, 0.717) is 13.1 Å². The molecule has 3 aliphatic rings. The summed E-state index contributed by atoms with van der Waals surface area (Å²) in [5.74, 6) is 0.230. The van der Waals surface area contributed by atoms with Crippen LogP contribution in [0.3, 0.4) is 0 Å². The number of likely N-dealkylation sites (tertiary alicyclic amines) is 2. The molecule has 8 nitrogen and oxygen atoms in total. The predicted octanol–water partition coefficient (Wildman–Crippen LogP) is -0.500. The number of hydrogen-bond donors (Lipinski definition) is 1. The molecule has 4 heterocycles. The number of carbonyl (C=O) groups excluding carboxylic acids is 2. The molecule has 22 heavy (non-hydrogen) atoms. The summed E-state index contributed by atoms with van der Waals surface area (Å²) in [7, 11) is 1.86. The summed E-state index contributed by atoms with van der Waals surface area (Å²) in [6, 6.07) is 0.271. The van der Waals surface area contributed by atoms with Crippen molar-refractivity contribution in [1.82, 2.24) is 24.9 Å². The predicted molar refractivity (Wildman–Crippen MR) is 79.6 cm³/mol. The fourth-order valence-corrected chi connectivity index (χ4v) is 3.44. The van der Waals surface area contributed by atoms with E-state index in [4.69, 9.17) is 0 Å². The minimum Gasteiger partial charge on any atom is -0.344 e. The zero-order valence-corrected chi connectivity index (χ0v) is 12.6. The van der Waals surface area contributed by atoms with Crippen molar-refractivity contribution in [2.24, 2.45) is 0 Å². The Labute approximate surface area is 128 Å². The van der Waals surface area contributed by atoms with E-state index >= 15 is 0 Å². The van der Waals surface area contributed by atoms with Crippen LogP contribution in [0.4, 0.5) is 10.5 Å². The first-order valence-electron chi connectivity index (χ1n) is 7.72. The topological polar surface area (TPSA) is 73.7 Å². The molecule has 1 atom stereocenters. The van der Waals surface area contributed by atoms with E-state index in [1.165, 1.54) is 0 Å². The molecular weight excluding hydrogens is 284 g/mol. The number of rotatable bonds is 3. The Morgan fingerprint density at radius 2 is 2.09 bits per heavy atom. The second-order valence-electron chi connectivity index (χ2n) is 6.23. The van der Waals surface area contributed by atoms with Gasteiger partial charge < -0.3 is 10.2 Å². The van der Waals surface area contributed by atoms with Gasteiger partial charge in [0.15, 0.2) is 0 Å². The molecule has 0 aromatic carbocycles. The molecule has 0 saturated carbocycles. The maximum atomic E-state index is 12.0. The standard InChI is InChI=1S/C14H20N6O2/c1-17-4-2-12(13(17)21)18-7-11(8-18)20-9-10(6-16-20)19-5-3-15-14(19)22/h6,9,11-12H,2-5,7-8H2,1H3,(H,15,22). The number of carbonyl (C=O) groups is 2. The number of nitrogens with one attached hydrogen (secondary N) is 1. The van der Waals surface area contributed by atoms with Crippen LogP contribution in [0.2, 0.25) is 0 Å². The van der Waals surface area contributed by atoms with Crippen molar-refractivity contribution < 1.29 is 9.59 Å². The first kappa shape index (κ1) is 13.6. The minimum atomic E-state index is -0.0608. The summed E-state index contributed by atoms with van der Waals surface area (Å²) in [5, 5.41) is 7.17. The van der Waals surface area contributed by atoms with Gasteiger partial charge in [0.25, 0.3) is 0 Å². The number of aromatic nitrogens is 2. The fourth-order valence-electron chi connectivity index (χ4n) is 3.44. The van der Waals surface area contributed by atoms with Crippen molar-refractivity contribution >= 4 is 17.6 Å². The Balaban J connectivity index is 1.38. The molecule has 0 radical (unpaired) electrons. The van der Waals surface area contributed by atoms with E-state index in [-0.39, 0.29) is 24.0 Å². The molecule has 4 rings (SSSR count). The molecule has 0 bridgehead atoms. The number of amides is 3. The molecule has 1 aromatic heterocycles. The zero-order chi connectivity index (χ0) is 15.3. The van der Waals surface area contributed by atoms with Gasteiger partial charge in [-0.3, -0.25) is 19.3 Å². The summed E-state index contributed by atoms with van der Waals surface area (Å²) in [6.45, 7) is 3.90. The molecule has 8 heteroatoms. The van der Waals surface area contributed by atoms with Gasteiger partial charge in [-0.05, 0) is 6.42 Å². The lowest BCUT2D eigenvalue weighted by molar-refractivity contribution is -0.133. The van der Waals surface area contributed by atoms with Gasteiger partial charge in [-0.2, -0.15) is 5.10 Å². The molecular formula is C14H20N6O2. The molecule has 3 amide bonds. The molecule has 3 fully saturated rings. The van der Waals surface area contributed by atoms with Gasteiger partial charge in [-0.25, -0.2) is 4.79 Å². The van der Waals surface area contributed by atoms with Gasteiger partial charge in [0, 0.05) is 46.0 Å². The summed E-state index contributed by atoms with van der Waals surface area (Å²) < 4.78 is 1.92. The summed E-state index contributed by atoms with van der Waals surface area (Å²) >= 11 is 0. The summed E-state index contributed by atoms with van der Waals surface area (Å²) in [4.78, 5) is 29.4. The molecule has 1 N–H and O–H groups in total. The number of urea groups is 1. The van der Waals surface area contributed by atoms with E-state index < -0.39 is 0 Å². The molecule has 3 aliphatic heterocycles. The normalized spacial score (nSPS) is 26.7. The number of likely N-dealkylation sites (N-methyl/N-ethyl adjacent to an activating group) is 1. The van der Waals surface area contributed by atoms with Crippen LogP contribution in [0.1, 0.15) is 12.5 Å². The van der Waals surface area contributed by atoms with Crippen molar-refractivity contribution in [3.8, 4) is 0 Å². The smallest absolute Gasteiger partial charge is 0.322 e. The average molecular weight is 304 g/mol. The SMILES string of the molecule is CN1CCC(N2CC(n3cc(N4CCNC4=O)cn3)C2)C1=O. The van der Waals surface area contributed by atoms with E-state index in [9.17, 15) is 9.59 Å². The van der Waals surface area contributed by atoms with Crippen LogP contribution in [-0.2, 0) is 4.79 Å². The van der Waals surface area contributed by atoms with Crippen LogP contribution in [0, 0.1) is 0 Å². The summed E-state index contributed by atoms with van der Waals surface area (Å²) in [6.07, 6.45) is 4.58. The van der Waals surface area contributed by atoms with Gasteiger partial charge in [0.1, 0.15) is 0 Å². The Bertz CT molecular complexity index is 608. The second-order valence-corrected chi connectivity index (χ2v) is 6.23. The van der Waals surface area contributed by atoms with Crippen molar-refractivity contribution in [2.75, 3.05) is 44.7 Å². The maximum absolute atomic E-state index is 12.0. The number of nitrogens with zero attached hydrogens (tertiary/aromatic N) is 5.